The van der Waals surface area contributed by atoms with E-state index in [4.69, 9.17) is 0 Å². The van der Waals surface area contributed by atoms with Crippen LogP contribution in [0.25, 0.3) is 0 Å². The minimum atomic E-state index is -0.172. The number of pyridine rings is 1. The fraction of sp³-hybridized carbons (Fsp3) is 0.273. The Morgan fingerprint density at radius 2 is 1.97 bits per heavy atom. The van der Waals surface area contributed by atoms with E-state index in [-0.39, 0.29) is 6.03 Å². The van der Waals surface area contributed by atoms with E-state index in [9.17, 15) is 4.79 Å². The molecule has 0 aliphatic carbocycles. The first-order chi connectivity index (χ1) is 14.3. The maximum absolute atomic E-state index is 12.4. The van der Waals surface area contributed by atoms with Gasteiger partial charge in [0.15, 0.2) is 0 Å². The minimum absolute atomic E-state index is 0.172. The molecule has 2 amide bonds. The zero-order valence-electron chi connectivity index (χ0n) is 16.2. The molecule has 3 heterocycles. The Hall–Kier alpha value is -3.06. The maximum atomic E-state index is 12.4. The largest absolute Gasteiger partial charge is 0.385 e. The normalized spacial score (nSPS) is 12.9. The van der Waals surface area contributed by atoms with Crippen molar-refractivity contribution in [3.63, 3.8) is 0 Å². The van der Waals surface area contributed by atoms with Crippen molar-refractivity contribution >= 4 is 34.4 Å². The molecule has 3 N–H and O–H groups in total. The van der Waals surface area contributed by atoms with Crippen LogP contribution >= 0.6 is 11.3 Å². The van der Waals surface area contributed by atoms with Crippen molar-refractivity contribution < 1.29 is 4.79 Å². The van der Waals surface area contributed by atoms with Crippen molar-refractivity contribution in [1.82, 2.24) is 10.3 Å². The van der Waals surface area contributed by atoms with Gasteiger partial charge in [-0.3, -0.25) is 4.98 Å². The fourth-order valence-corrected chi connectivity index (χ4v) is 4.36. The lowest BCUT2D eigenvalue weighted by Gasteiger charge is -2.30. The predicted molar refractivity (Wildman–Crippen MR) is 120 cm³/mol. The molecule has 1 aliphatic rings. The Labute approximate surface area is 175 Å². The van der Waals surface area contributed by atoms with Gasteiger partial charge in [-0.1, -0.05) is 12.1 Å². The van der Waals surface area contributed by atoms with E-state index in [1.807, 2.05) is 41.7 Å². The Balaban J connectivity index is 1.27. The number of benzene rings is 1. The first kappa shape index (κ1) is 19.3. The van der Waals surface area contributed by atoms with Crippen LogP contribution in [0.5, 0.6) is 0 Å². The van der Waals surface area contributed by atoms with E-state index in [1.54, 1.807) is 12.4 Å². The molecule has 0 saturated carbocycles. The molecule has 0 unspecified atom stereocenters. The van der Waals surface area contributed by atoms with Crippen molar-refractivity contribution in [1.29, 1.82) is 0 Å². The number of anilines is 3. The number of aromatic nitrogens is 1. The zero-order chi connectivity index (χ0) is 19.9. The molecule has 0 atom stereocenters. The molecule has 0 saturated heterocycles. The van der Waals surface area contributed by atoms with Crippen LogP contribution in [0, 0.1) is 0 Å². The first-order valence-electron chi connectivity index (χ1n) is 9.87. The third kappa shape index (κ3) is 5.06. The van der Waals surface area contributed by atoms with Crippen LogP contribution < -0.4 is 20.9 Å². The van der Waals surface area contributed by atoms with Crippen LogP contribution in [0.1, 0.15) is 16.9 Å². The zero-order valence-corrected chi connectivity index (χ0v) is 17.0. The standard InChI is InChI=1S/C22H25N5OS/c28-22(25-11-3-10-24-18-6-12-23-13-7-18)26-19-4-1-2-5-20(19)27-14-8-21-17(16-27)9-15-29-21/h1-2,4-7,9,12-13,15H,3,8,10-11,14,16H2,(H,23,24)(H2,25,26,28). The van der Waals surface area contributed by atoms with Gasteiger partial charge in [-0.05, 0) is 54.1 Å². The second-order valence-electron chi connectivity index (χ2n) is 6.95. The quantitative estimate of drug-likeness (QED) is 0.510. The topological polar surface area (TPSA) is 69.3 Å². The van der Waals surface area contributed by atoms with Gasteiger partial charge in [0.05, 0.1) is 11.4 Å². The molecule has 7 heteroatoms. The van der Waals surface area contributed by atoms with Gasteiger partial charge >= 0.3 is 6.03 Å². The summed E-state index contributed by atoms with van der Waals surface area (Å²) in [7, 11) is 0. The lowest BCUT2D eigenvalue weighted by molar-refractivity contribution is 0.252. The lowest BCUT2D eigenvalue weighted by atomic mass is 10.1. The monoisotopic (exact) mass is 407 g/mol. The summed E-state index contributed by atoms with van der Waals surface area (Å²) >= 11 is 1.83. The summed E-state index contributed by atoms with van der Waals surface area (Å²) in [6.45, 7) is 3.25. The van der Waals surface area contributed by atoms with Gasteiger partial charge in [0.25, 0.3) is 0 Å². The molecule has 2 aromatic heterocycles. The van der Waals surface area contributed by atoms with Crippen LogP contribution in [0.15, 0.2) is 60.2 Å². The molecule has 1 aliphatic heterocycles. The number of para-hydroxylation sites is 2. The highest BCUT2D eigenvalue weighted by atomic mass is 32.1. The molecular formula is C22H25N5OS. The van der Waals surface area contributed by atoms with E-state index in [0.717, 1.165) is 49.5 Å². The van der Waals surface area contributed by atoms with Crippen molar-refractivity contribution in [3.05, 3.63) is 70.7 Å². The Morgan fingerprint density at radius 1 is 1.10 bits per heavy atom. The maximum Gasteiger partial charge on any atom is 0.319 e. The van der Waals surface area contributed by atoms with E-state index >= 15 is 0 Å². The molecule has 4 rings (SSSR count). The summed E-state index contributed by atoms with van der Waals surface area (Å²) in [4.78, 5) is 20.2. The number of nitrogens with zero attached hydrogens (tertiary/aromatic N) is 2. The summed E-state index contributed by atoms with van der Waals surface area (Å²) in [5, 5.41) is 11.4. The lowest BCUT2D eigenvalue weighted by Crippen LogP contribution is -2.33. The molecule has 6 nitrogen and oxygen atoms in total. The number of amides is 2. The number of hydrogen-bond acceptors (Lipinski definition) is 5. The number of carbonyl (C=O) groups excluding carboxylic acids is 1. The number of fused-ring (bicyclic) bond motifs is 1. The fourth-order valence-electron chi connectivity index (χ4n) is 3.47. The number of nitrogens with one attached hydrogen (secondary N) is 3. The molecule has 0 fully saturated rings. The summed E-state index contributed by atoms with van der Waals surface area (Å²) in [5.41, 5.74) is 4.34. The minimum Gasteiger partial charge on any atom is -0.385 e. The Kier molecular flexibility index (Phi) is 6.26. The Morgan fingerprint density at radius 3 is 2.86 bits per heavy atom. The average Bonchev–Trinajstić information content (AvgIpc) is 3.22. The average molecular weight is 408 g/mol. The summed E-state index contributed by atoms with van der Waals surface area (Å²) < 4.78 is 0. The van der Waals surface area contributed by atoms with Gasteiger partial charge in [-0.25, -0.2) is 4.79 Å². The van der Waals surface area contributed by atoms with Gasteiger partial charge in [-0.15, -0.1) is 11.3 Å². The predicted octanol–water partition coefficient (Wildman–Crippen LogP) is 4.33. The van der Waals surface area contributed by atoms with Gasteiger partial charge < -0.3 is 20.9 Å². The molecule has 29 heavy (non-hydrogen) atoms. The Bertz CT molecular complexity index is 943. The highest BCUT2D eigenvalue weighted by Crippen LogP contribution is 2.32. The molecule has 150 valence electrons. The van der Waals surface area contributed by atoms with Crippen LogP contribution in [-0.4, -0.2) is 30.6 Å². The number of urea groups is 1. The summed E-state index contributed by atoms with van der Waals surface area (Å²) in [6.07, 6.45) is 5.41. The van der Waals surface area contributed by atoms with Crippen LogP contribution in [0.4, 0.5) is 21.9 Å². The number of rotatable bonds is 7. The number of thiophene rings is 1. The van der Waals surface area contributed by atoms with Crippen LogP contribution in [-0.2, 0) is 13.0 Å². The van der Waals surface area contributed by atoms with Crippen LogP contribution in [0.2, 0.25) is 0 Å². The molecule has 0 bridgehead atoms. The number of carbonyl (C=O) groups is 1. The second-order valence-corrected chi connectivity index (χ2v) is 7.96. The van der Waals surface area contributed by atoms with Crippen molar-refractivity contribution in [2.75, 3.05) is 35.2 Å². The summed E-state index contributed by atoms with van der Waals surface area (Å²) in [6, 6.07) is 13.9. The van der Waals surface area contributed by atoms with E-state index in [1.165, 1.54) is 10.4 Å². The van der Waals surface area contributed by atoms with E-state index < -0.39 is 0 Å². The highest BCUT2D eigenvalue weighted by molar-refractivity contribution is 7.10. The van der Waals surface area contributed by atoms with Crippen LogP contribution in [0.3, 0.4) is 0 Å². The van der Waals surface area contributed by atoms with Gasteiger partial charge in [-0.2, -0.15) is 0 Å². The van der Waals surface area contributed by atoms with Crippen molar-refractivity contribution in [3.8, 4) is 0 Å². The molecule has 0 spiro atoms. The molecule has 3 aromatic rings. The van der Waals surface area contributed by atoms with Crippen molar-refractivity contribution in [2.24, 2.45) is 0 Å². The van der Waals surface area contributed by atoms with Gasteiger partial charge in [0.2, 0.25) is 0 Å². The molecule has 1 aromatic carbocycles. The third-order valence-corrected chi connectivity index (χ3v) is 5.97. The highest BCUT2D eigenvalue weighted by Gasteiger charge is 2.20. The van der Waals surface area contributed by atoms with E-state index in [2.05, 4.69) is 43.3 Å². The van der Waals surface area contributed by atoms with E-state index in [0.29, 0.717) is 6.54 Å². The summed E-state index contributed by atoms with van der Waals surface area (Å²) in [5.74, 6) is 0. The second kappa shape index (κ2) is 9.43. The third-order valence-electron chi connectivity index (χ3n) is 4.95. The molecular weight excluding hydrogens is 382 g/mol. The van der Waals surface area contributed by atoms with Crippen molar-refractivity contribution in [2.45, 2.75) is 19.4 Å². The van der Waals surface area contributed by atoms with Gasteiger partial charge in [0.1, 0.15) is 0 Å². The smallest absolute Gasteiger partial charge is 0.319 e. The SMILES string of the molecule is O=C(NCCCNc1ccncc1)Nc1ccccc1N1CCc2sccc2C1. The first-order valence-corrected chi connectivity index (χ1v) is 10.8. The number of hydrogen-bond donors (Lipinski definition) is 3. The van der Waals surface area contributed by atoms with Gasteiger partial charge in [0, 0.05) is 49.1 Å². The molecule has 0 radical (unpaired) electrons.